The first kappa shape index (κ1) is 17.9. The monoisotopic (exact) mass is 326 g/mol. The zero-order chi connectivity index (χ0) is 17.2. The van der Waals surface area contributed by atoms with Crippen LogP contribution in [0.15, 0.2) is 59.7 Å². The molecule has 0 aliphatic carbocycles. The fourth-order valence-electron chi connectivity index (χ4n) is 2.58. The van der Waals surface area contributed by atoms with Crippen molar-refractivity contribution < 1.29 is 5.11 Å². The van der Waals surface area contributed by atoms with E-state index in [1.807, 2.05) is 36.4 Å². The summed E-state index contributed by atoms with van der Waals surface area (Å²) in [6.07, 6.45) is 2.87. The van der Waals surface area contributed by atoms with Gasteiger partial charge in [-0.3, -0.25) is 9.98 Å². The minimum absolute atomic E-state index is 0.155. The summed E-state index contributed by atoms with van der Waals surface area (Å²) in [6.45, 7) is 3.05. The lowest BCUT2D eigenvalue weighted by atomic mass is 9.93. The molecule has 0 radical (unpaired) electrons. The third-order valence-corrected chi connectivity index (χ3v) is 3.79. The first-order valence-electron chi connectivity index (χ1n) is 8.32. The van der Waals surface area contributed by atoms with Gasteiger partial charge in [0.1, 0.15) is 0 Å². The quantitative estimate of drug-likeness (QED) is 0.512. The Balaban J connectivity index is 1.85. The molecular formula is C19H26N4O. The Morgan fingerprint density at radius 1 is 1.21 bits per heavy atom. The maximum atomic E-state index is 9.71. The van der Waals surface area contributed by atoms with Crippen molar-refractivity contribution in [3.8, 4) is 0 Å². The van der Waals surface area contributed by atoms with Crippen molar-refractivity contribution in [3.05, 3.63) is 66.0 Å². The molecule has 5 heteroatoms. The van der Waals surface area contributed by atoms with Crippen LogP contribution in [-0.2, 0) is 6.42 Å². The Morgan fingerprint density at radius 3 is 2.62 bits per heavy atom. The lowest BCUT2D eigenvalue weighted by molar-refractivity contribution is 0.175. The SMILES string of the molecule is CC(O)CC(CN=C(N)NCCc1ccccn1)c1ccccc1. The first-order valence-corrected chi connectivity index (χ1v) is 8.32. The van der Waals surface area contributed by atoms with Crippen molar-refractivity contribution in [2.45, 2.75) is 31.8 Å². The van der Waals surface area contributed by atoms with Gasteiger partial charge in [0.05, 0.1) is 6.10 Å². The van der Waals surface area contributed by atoms with E-state index < -0.39 is 0 Å². The molecule has 128 valence electrons. The van der Waals surface area contributed by atoms with Crippen LogP contribution >= 0.6 is 0 Å². The van der Waals surface area contributed by atoms with E-state index in [0.29, 0.717) is 25.5 Å². The van der Waals surface area contributed by atoms with E-state index in [9.17, 15) is 5.11 Å². The number of hydrogen-bond acceptors (Lipinski definition) is 3. The molecule has 0 aliphatic rings. The van der Waals surface area contributed by atoms with Crippen LogP contribution < -0.4 is 11.1 Å². The van der Waals surface area contributed by atoms with Gasteiger partial charge in [0.25, 0.3) is 0 Å². The fraction of sp³-hybridized carbons (Fsp3) is 0.368. The largest absolute Gasteiger partial charge is 0.393 e. The Bertz CT molecular complexity index is 614. The van der Waals surface area contributed by atoms with Crippen molar-refractivity contribution in [1.82, 2.24) is 10.3 Å². The Kier molecular flexibility index (Phi) is 7.23. The molecule has 1 heterocycles. The number of aliphatic hydroxyl groups excluding tert-OH is 1. The maximum Gasteiger partial charge on any atom is 0.188 e. The maximum absolute atomic E-state index is 9.71. The smallest absolute Gasteiger partial charge is 0.188 e. The minimum atomic E-state index is -0.372. The highest BCUT2D eigenvalue weighted by Gasteiger charge is 2.13. The second-order valence-electron chi connectivity index (χ2n) is 5.92. The molecule has 4 N–H and O–H groups in total. The van der Waals surface area contributed by atoms with Crippen LogP contribution in [0.4, 0.5) is 0 Å². The number of nitrogens with one attached hydrogen (secondary N) is 1. The standard InChI is InChI=1S/C19H26N4O/c1-15(24)13-17(16-7-3-2-4-8-16)14-23-19(20)22-12-10-18-9-5-6-11-21-18/h2-9,11,15,17,24H,10,12-14H2,1H3,(H3,20,22,23). The highest BCUT2D eigenvalue weighted by atomic mass is 16.3. The van der Waals surface area contributed by atoms with Gasteiger partial charge in [-0.25, -0.2) is 0 Å². The summed E-state index contributed by atoms with van der Waals surface area (Å²) in [5, 5.41) is 12.8. The Hall–Kier alpha value is -2.40. The van der Waals surface area contributed by atoms with Crippen LogP contribution in [0.2, 0.25) is 0 Å². The minimum Gasteiger partial charge on any atom is -0.393 e. The molecular weight excluding hydrogens is 300 g/mol. The molecule has 0 bridgehead atoms. The third-order valence-electron chi connectivity index (χ3n) is 3.79. The van der Waals surface area contributed by atoms with E-state index in [1.54, 1.807) is 13.1 Å². The number of aliphatic imine (C=N–C) groups is 1. The number of rotatable bonds is 8. The van der Waals surface area contributed by atoms with E-state index in [1.165, 1.54) is 5.56 Å². The summed E-state index contributed by atoms with van der Waals surface area (Å²) in [6, 6.07) is 16.0. The molecule has 24 heavy (non-hydrogen) atoms. The van der Waals surface area contributed by atoms with Crippen molar-refractivity contribution >= 4 is 5.96 Å². The highest BCUT2D eigenvalue weighted by molar-refractivity contribution is 5.77. The van der Waals surface area contributed by atoms with E-state index in [-0.39, 0.29) is 12.0 Å². The van der Waals surface area contributed by atoms with Gasteiger partial charge < -0.3 is 16.2 Å². The van der Waals surface area contributed by atoms with Gasteiger partial charge in [-0.1, -0.05) is 36.4 Å². The number of nitrogens with zero attached hydrogens (tertiary/aromatic N) is 2. The van der Waals surface area contributed by atoms with Gasteiger partial charge in [-0.2, -0.15) is 0 Å². The van der Waals surface area contributed by atoms with Crippen LogP contribution in [0.1, 0.15) is 30.5 Å². The van der Waals surface area contributed by atoms with E-state index in [2.05, 4.69) is 27.4 Å². The predicted octanol–water partition coefficient (Wildman–Crippen LogP) is 2.08. The second kappa shape index (κ2) is 9.67. The molecule has 0 saturated heterocycles. The summed E-state index contributed by atoms with van der Waals surface area (Å²) in [7, 11) is 0. The number of aliphatic hydroxyl groups is 1. The Labute approximate surface area is 143 Å². The zero-order valence-corrected chi connectivity index (χ0v) is 14.1. The first-order chi connectivity index (χ1) is 11.6. The molecule has 0 spiro atoms. The van der Waals surface area contributed by atoms with Gasteiger partial charge in [-0.15, -0.1) is 0 Å². The molecule has 2 aromatic rings. The number of hydrogen-bond donors (Lipinski definition) is 3. The van der Waals surface area contributed by atoms with Crippen LogP contribution in [0.25, 0.3) is 0 Å². The number of pyridine rings is 1. The summed E-state index contributed by atoms with van der Waals surface area (Å²) in [5.74, 6) is 0.583. The van der Waals surface area contributed by atoms with E-state index >= 15 is 0 Å². The van der Waals surface area contributed by atoms with Crippen LogP contribution in [0.3, 0.4) is 0 Å². The highest BCUT2D eigenvalue weighted by Crippen LogP contribution is 2.21. The normalized spacial score (nSPS) is 14.2. The van der Waals surface area contributed by atoms with Crippen molar-refractivity contribution in [3.63, 3.8) is 0 Å². The Morgan fingerprint density at radius 2 is 1.96 bits per heavy atom. The van der Waals surface area contributed by atoms with Crippen molar-refractivity contribution in [2.75, 3.05) is 13.1 Å². The molecule has 2 rings (SSSR count). The molecule has 0 fully saturated rings. The van der Waals surface area contributed by atoms with Gasteiger partial charge in [-0.05, 0) is 31.0 Å². The van der Waals surface area contributed by atoms with Crippen LogP contribution in [-0.4, -0.2) is 35.2 Å². The lowest BCUT2D eigenvalue weighted by Crippen LogP contribution is -2.33. The number of nitrogens with two attached hydrogens (primary N) is 1. The zero-order valence-electron chi connectivity index (χ0n) is 14.1. The molecule has 2 atom stereocenters. The van der Waals surface area contributed by atoms with Crippen LogP contribution in [0.5, 0.6) is 0 Å². The summed E-state index contributed by atoms with van der Waals surface area (Å²) in [4.78, 5) is 8.71. The van der Waals surface area contributed by atoms with Crippen molar-refractivity contribution in [2.24, 2.45) is 10.7 Å². The molecule has 1 aromatic carbocycles. The molecule has 0 aliphatic heterocycles. The lowest BCUT2D eigenvalue weighted by Gasteiger charge is -2.17. The van der Waals surface area contributed by atoms with Gasteiger partial charge >= 0.3 is 0 Å². The average molecular weight is 326 g/mol. The van der Waals surface area contributed by atoms with Gasteiger partial charge in [0.15, 0.2) is 5.96 Å². The summed E-state index contributed by atoms with van der Waals surface area (Å²) < 4.78 is 0. The molecule has 5 nitrogen and oxygen atoms in total. The molecule has 0 saturated carbocycles. The van der Waals surface area contributed by atoms with E-state index in [0.717, 1.165) is 12.1 Å². The topological polar surface area (TPSA) is 83.5 Å². The number of benzene rings is 1. The predicted molar refractivity (Wildman–Crippen MR) is 97.9 cm³/mol. The van der Waals surface area contributed by atoms with Gasteiger partial charge in [0, 0.05) is 37.3 Å². The second-order valence-corrected chi connectivity index (χ2v) is 5.92. The molecule has 1 aromatic heterocycles. The van der Waals surface area contributed by atoms with Crippen molar-refractivity contribution in [1.29, 1.82) is 0 Å². The fourth-order valence-corrected chi connectivity index (χ4v) is 2.58. The molecule has 0 amide bonds. The summed E-state index contributed by atoms with van der Waals surface area (Å²) >= 11 is 0. The summed E-state index contributed by atoms with van der Waals surface area (Å²) in [5.41, 5.74) is 8.14. The number of aromatic nitrogens is 1. The molecule has 2 unspecified atom stereocenters. The number of guanidine groups is 1. The van der Waals surface area contributed by atoms with E-state index in [4.69, 9.17) is 5.73 Å². The third kappa shape index (κ3) is 6.38. The average Bonchev–Trinajstić information content (AvgIpc) is 2.60. The van der Waals surface area contributed by atoms with Gasteiger partial charge in [0.2, 0.25) is 0 Å². The van der Waals surface area contributed by atoms with Crippen LogP contribution in [0, 0.1) is 0 Å².